The van der Waals surface area contributed by atoms with Gasteiger partial charge >= 0.3 is 0 Å². The molecule has 0 aliphatic heterocycles. The first-order chi connectivity index (χ1) is 10.1. The average molecular weight is 302 g/mol. The van der Waals surface area contributed by atoms with Crippen LogP contribution in [0.1, 0.15) is 17.3 Å². The molecule has 0 aliphatic carbocycles. The molecular weight excluding hydrogens is 288 g/mol. The summed E-state index contributed by atoms with van der Waals surface area (Å²) in [6.07, 6.45) is 1.39. The van der Waals surface area contributed by atoms with Crippen molar-refractivity contribution < 1.29 is 14.3 Å². The molecule has 21 heavy (non-hydrogen) atoms. The molecule has 1 heterocycles. The molecule has 0 spiro atoms. The van der Waals surface area contributed by atoms with Crippen molar-refractivity contribution in [3.8, 4) is 0 Å². The van der Waals surface area contributed by atoms with Gasteiger partial charge < -0.3 is 10.5 Å². The lowest BCUT2D eigenvalue weighted by Crippen LogP contribution is -2.28. The summed E-state index contributed by atoms with van der Waals surface area (Å²) in [5, 5.41) is 14.6. The fraction of sp³-hybridized carbons (Fsp3) is 0.133. The van der Waals surface area contributed by atoms with Crippen LogP contribution in [0.4, 0.5) is 5.69 Å². The lowest BCUT2D eigenvalue weighted by Gasteiger charge is -2.06. The number of benzene rings is 1. The molecule has 1 amide bonds. The number of aromatic nitrogens is 1. The summed E-state index contributed by atoms with van der Waals surface area (Å²) in [6.45, 7) is 1.49. The summed E-state index contributed by atoms with van der Waals surface area (Å²) in [7, 11) is 0. The van der Waals surface area contributed by atoms with E-state index in [0.717, 1.165) is 4.73 Å². The summed E-state index contributed by atoms with van der Waals surface area (Å²) in [5.41, 5.74) is 1.22. The third-order valence-corrected chi connectivity index (χ3v) is 3.73. The molecular formula is C15H14N2O3S. The number of anilines is 1. The molecule has 0 fully saturated rings. The predicted octanol–water partition coefficient (Wildman–Crippen LogP) is 2.25. The Labute approximate surface area is 126 Å². The molecule has 0 atom stereocenters. The Bertz CT molecular complexity index is 656. The fourth-order valence-electron chi connectivity index (χ4n) is 1.65. The molecule has 1 aromatic carbocycles. The molecule has 0 radical (unpaired) electrons. The molecule has 0 saturated carbocycles. The third-order valence-electron chi connectivity index (χ3n) is 2.71. The molecule has 0 aliphatic rings. The summed E-state index contributed by atoms with van der Waals surface area (Å²) in [5.74, 6) is -0.0901. The van der Waals surface area contributed by atoms with Crippen molar-refractivity contribution in [2.24, 2.45) is 0 Å². The number of nitrogens with zero attached hydrogens (tertiary/aromatic N) is 1. The standard InChI is InChI=1S/C15H14N2O3S/c1-11(18)12-5-7-13(8-6-12)16-14(19)10-21-15-4-2-3-9-17(15)20/h2-9H,10H2,1H3,(H,16,19). The van der Waals surface area contributed by atoms with Crippen molar-refractivity contribution in [2.45, 2.75) is 11.9 Å². The van der Waals surface area contributed by atoms with Crippen molar-refractivity contribution in [3.05, 3.63) is 59.4 Å². The minimum Gasteiger partial charge on any atom is -0.618 e. The first-order valence-corrected chi connectivity index (χ1v) is 7.26. The van der Waals surface area contributed by atoms with Crippen molar-refractivity contribution in [1.29, 1.82) is 0 Å². The van der Waals surface area contributed by atoms with Crippen molar-refractivity contribution >= 4 is 29.1 Å². The van der Waals surface area contributed by atoms with Gasteiger partial charge in [0.1, 0.15) is 0 Å². The van der Waals surface area contributed by atoms with E-state index in [1.165, 1.54) is 24.9 Å². The lowest BCUT2D eigenvalue weighted by molar-refractivity contribution is -0.645. The SMILES string of the molecule is CC(=O)c1ccc(NC(=O)CSc2cccc[n+]2[O-])cc1. The normalized spacial score (nSPS) is 10.1. The predicted molar refractivity (Wildman–Crippen MR) is 81.2 cm³/mol. The summed E-state index contributed by atoms with van der Waals surface area (Å²) in [6, 6.07) is 11.7. The number of amides is 1. The zero-order valence-electron chi connectivity index (χ0n) is 11.4. The first kappa shape index (κ1) is 15.1. The number of hydrogen-bond acceptors (Lipinski definition) is 4. The Hall–Kier alpha value is -2.34. The Kier molecular flexibility index (Phi) is 4.94. The van der Waals surface area contributed by atoms with Crippen LogP contribution in [0.2, 0.25) is 0 Å². The molecule has 6 heteroatoms. The van der Waals surface area contributed by atoms with Gasteiger partial charge in [0.15, 0.2) is 12.0 Å². The Balaban J connectivity index is 1.90. The van der Waals surface area contributed by atoms with Gasteiger partial charge in [-0.1, -0.05) is 0 Å². The minimum atomic E-state index is -0.209. The molecule has 0 unspecified atom stereocenters. The van der Waals surface area contributed by atoms with Gasteiger partial charge in [-0.15, -0.1) is 0 Å². The number of Topliss-reactive ketones (excluding diaryl/α,β-unsaturated/α-hetero) is 1. The summed E-state index contributed by atoms with van der Waals surface area (Å²) in [4.78, 5) is 23.0. The number of hydrogen-bond donors (Lipinski definition) is 1. The van der Waals surface area contributed by atoms with Crippen LogP contribution in [0.5, 0.6) is 0 Å². The second-order valence-electron chi connectivity index (χ2n) is 4.34. The van der Waals surface area contributed by atoms with Crippen LogP contribution in [0.3, 0.4) is 0 Å². The van der Waals surface area contributed by atoms with Crippen LogP contribution in [-0.4, -0.2) is 17.4 Å². The molecule has 2 aromatic rings. The highest BCUT2D eigenvalue weighted by atomic mass is 32.2. The number of pyridine rings is 1. The molecule has 0 bridgehead atoms. The topological polar surface area (TPSA) is 73.1 Å². The smallest absolute Gasteiger partial charge is 0.251 e. The maximum Gasteiger partial charge on any atom is 0.251 e. The van der Waals surface area contributed by atoms with E-state index in [2.05, 4.69) is 5.32 Å². The van der Waals surface area contributed by atoms with Crippen molar-refractivity contribution in [2.75, 3.05) is 11.1 Å². The van der Waals surface area contributed by atoms with E-state index in [1.807, 2.05) is 0 Å². The van der Waals surface area contributed by atoms with E-state index in [4.69, 9.17) is 0 Å². The van der Waals surface area contributed by atoms with Crippen LogP contribution in [0.25, 0.3) is 0 Å². The molecule has 1 aromatic heterocycles. The van der Waals surface area contributed by atoms with E-state index in [0.29, 0.717) is 16.3 Å². The Morgan fingerprint density at radius 3 is 2.52 bits per heavy atom. The highest BCUT2D eigenvalue weighted by molar-refractivity contribution is 7.99. The van der Waals surface area contributed by atoms with Gasteiger partial charge in [-0.2, -0.15) is 4.73 Å². The second kappa shape index (κ2) is 6.90. The van der Waals surface area contributed by atoms with Crippen LogP contribution in [-0.2, 0) is 4.79 Å². The fourth-order valence-corrected chi connectivity index (χ4v) is 2.36. The van der Waals surface area contributed by atoms with E-state index < -0.39 is 0 Å². The number of ketones is 1. The van der Waals surface area contributed by atoms with Crippen LogP contribution < -0.4 is 10.0 Å². The van der Waals surface area contributed by atoms with Gasteiger partial charge in [-0.3, -0.25) is 9.59 Å². The Morgan fingerprint density at radius 1 is 1.19 bits per heavy atom. The first-order valence-electron chi connectivity index (χ1n) is 6.28. The number of nitrogens with one attached hydrogen (secondary N) is 1. The zero-order valence-corrected chi connectivity index (χ0v) is 12.2. The summed E-state index contributed by atoms with van der Waals surface area (Å²) >= 11 is 1.17. The zero-order chi connectivity index (χ0) is 15.2. The maximum atomic E-state index is 11.8. The van der Waals surface area contributed by atoms with Gasteiger partial charge in [0.2, 0.25) is 5.91 Å². The van der Waals surface area contributed by atoms with Crippen LogP contribution >= 0.6 is 11.8 Å². The van der Waals surface area contributed by atoms with Crippen LogP contribution in [0.15, 0.2) is 53.7 Å². The van der Waals surface area contributed by atoms with Gasteiger partial charge in [0.25, 0.3) is 5.03 Å². The number of carbonyl (C=O) groups excluding carboxylic acids is 2. The number of thioether (sulfide) groups is 1. The van der Waals surface area contributed by atoms with Crippen molar-refractivity contribution in [1.82, 2.24) is 0 Å². The van der Waals surface area contributed by atoms with E-state index in [-0.39, 0.29) is 17.4 Å². The van der Waals surface area contributed by atoms with Gasteiger partial charge in [-0.25, -0.2) is 0 Å². The quantitative estimate of drug-likeness (QED) is 0.398. The molecule has 108 valence electrons. The summed E-state index contributed by atoms with van der Waals surface area (Å²) < 4.78 is 0.722. The maximum absolute atomic E-state index is 11.8. The molecule has 1 N–H and O–H groups in total. The molecule has 5 nitrogen and oxygen atoms in total. The monoisotopic (exact) mass is 302 g/mol. The van der Waals surface area contributed by atoms with Gasteiger partial charge in [0, 0.05) is 23.4 Å². The highest BCUT2D eigenvalue weighted by Crippen LogP contribution is 2.14. The number of rotatable bonds is 5. The number of carbonyl (C=O) groups is 2. The third kappa shape index (κ3) is 4.32. The van der Waals surface area contributed by atoms with E-state index >= 15 is 0 Å². The van der Waals surface area contributed by atoms with Gasteiger partial charge in [0.05, 0.1) is 5.75 Å². The largest absolute Gasteiger partial charge is 0.618 e. The Morgan fingerprint density at radius 2 is 1.90 bits per heavy atom. The van der Waals surface area contributed by atoms with Crippen molar-refractivity contribution in [3.63, 3.8) is 0 Å². The van der Waals surface area contributed by atoms with E-state index in [9.17, 15) is 14.8 Å². The molecule has 2 rings (SSSR count). The highest BCUT2D eigenvalue weighted by Gasteiger charge is 2.09. The minimum absolute atomic E-state index is 0.0208. The average Bonchev–Trinajstić information content (AvgIpc) is 2.47. The molecule has 0 saturated heterocycles. The van der Waals surface area contributed by atoms with Crippen LogP contribution in [0, 0.1) is 5.21 Å². The lowest BCUT2D eigenvalue weighted by atomic mass is 10.1. The van der Waals surface area contributed by atoms with Gasteiger partial charge in [-0.05, 0) is 49.0 Å². The second-order valence-corrected chi connectivity index (χ2v) is 5.33. The van der Waals surface area contributed by atoms with E-state index in [1.54, 1.807) is 42.5 Å².